The normalized spacial score (nSPS) is 9.11. The Morgan fingerprint density at radius 3 is 2.67 bits per heavy atom. The number of hydrogen-bond acceptors (Lipinski definition) is 0. The summed E-state index contributed by atoms with van der Waals surface area (Å²) >= 11 is 3.40. The Hall–Kier alpha value is -0.235. The average Bonchev–Trinajstić information content (AvgIpc) is 1.88. The van der Waals surface area contributed by atoms with Crippen LogP contribution >= 0.6 is 15.9 Å². The van der Waals surface area contributed by atoms with E-state index in [4.69, 9.17) is 0 Å². The number of rotatable bonds is 1. The molecule has 1 aromatic rings. The van der Waals surface area contributed by atoms with Gasteiger partial charge in [-0.1, -0.05) is 46.4 Å². The van der Waals surface area contributed by atoms with Crippen molar-refractivity contribution in [1.82, 2.24) is 0 Å². The molecular formula is C7H8BBr. The zero-order chi connectivity index (χ0) is 6.69. The van der Waals surface area contributed by atoms with Gasteiger partial charge in [0.05, 0.1) is 0 Å². The molecule has 0 aliphatic rings. The van der Waals surface area contributed by atoms with Crippen LogP contribution in [-0.2, 0) is 0 Å². The molecule has 0 bridgehead atoms. The summed E-state index contributed by atoms with van der Waals surface area (Å²) < 4.78 is 1.17. The minimum Gasteiger partial charge on any atom is -0.0849 e. The molecule has 0 atom stereocenters. The van der Waals surface area contributed by atoms with E-state index in [-0.39, 0.29) is 0 Å². The Labute approximate surface area is 64.7 Å². The molecule has 0 unspecified atom stereocenters. The summed E-state index contributed by atoms with van der Waals surface area (Å²) in [5.74, 6) is 0. The van der Waals surface area contributed by atoms with Crippen molar-refractivity contribution in [1.29, 1.82) is 0 Å². The summed E-state index contributed by atoms with van der Waals surface area (Å²) in [6.07, 6.45) is 0. The van der Waals surface area contributed by atoms with Crippen molar-refractivity contribution < 1.29 is 0 Å². The second-order valence-electron chi connectivity index (χ2n) is 1.98. The highest BCUT2D eigenvalue weighted by atomic mass is 79.9. The Morgan fingerprint density at radius 2 is 2.22 bits per heavy atom. The first-order chi connectivity index (χ1) is 4.33. The molecule has 0 amide bonds. The van der Waals surface area contributed by atoms with Crippen molar-refractivity contribution >= 4 is 28.7 Å². The average molecular weight is 183 g/mol. The molecule has 0 heterocycles. The van der Waals surface area contributed by atoms with Gasteiger partial charge in [-0.3, -0.25) is 0 Å². The fourth-order valence-electron chi connectivity index (χ4n) is 0.757. The molecule has 1 aromatic carbocycles. The van der Waals surface area contributed by atoms with Crippen molar-refractivity contribution in [2.24, 2.45) is 0 Å². The zero-order valence-electron chi connectivity index (χ0n) is 5.39. The molecule has 0 fully saturated rings. The van der Waals surface area contributed by atoms with Gasteiger partial charge in [0.1, 0.15) is 0 Å². The summed E-state index contributed by atoms with van der Waals surface area (Å²) in [5, 5.41) is 0. The van der Waals surface area contributed by atoms with Crippen LogP contribution < -0.4 is 5.46 Å². The molecular weight excluding hydrogens is 175 g/mol. The first kappa shape index (κ1) is 6.88. The van der Waals surface area contributed by atoms with E-state index in [1.807, 2.05) is 6.07 Å². The van der Waals surface area contributed by atoms with E-state index in [0.717, 1.165) is 7.28 Å². The summed E-state index contributed by atoms with van der Waals surface area (Å²) in [7, 11) is 1.11. The lowest BCUT2D eigenvalue weighted by atomic mass is 9.74. The third-order valence-electron chi connectivity index (χ3n) is 1.30. The summed E-state index contributed by atoms with van der Waals surface area (Å²) in [5.41, 5.74) is 1.38. The minimum atomic E-state index is 1.11. The minimum absolute atomic E-state index is 1.11. The highest BCUT2D eigenvalue weighted by molar-refractivity contribution is 9.10. The van der Waals surface area contributed by atoms with Crippen molar-refractivity contribution in [2.45, 2.75) is 6.82 Å². The van der Waals surface area contributed by atoms with Gasteiger partial charge < -0.3 is 0 Å². The molecule has 0 saturated heterocycles. The maximum Gasteiger partial charge on any atom is 0.154 e. The van der Waals surface area contributed by atoms with Crippen LogP contribution in [-0.4, -0.2) is 7.28 Å². The Bertz CT molecular complexity index is 198. The van der Waals surface area contributed by atoms with Crippen LogP contribution in [0.15, 0.2) is 28.7 Å². The standard InChI is InChI=1S/C7H8BBr/c1-8-6-3-2-4-7(9)5-6/h2-5,8H,1H3. The lowest BCUT2D eigenvalue weighted by Gasteiger charge is -1.93. The molecule has 0 aromatic heterocycles. The Balaban J connectivity index is 2.94. The van der Waals surface area contributed by atoms with Crippen LogP contribution in [0.25, 0.3) is 0 Å². The van der Waals surface area contributed by atoms with Gasteiger partial charge in [0.15, 0.2) is 7.28 Å². The second-order valence-corrected chi connectivity index (χ2v) is 2.90. The van der Waals surface area contributed by atoms with Gasteiger partial charge in [-0.05, 0) is 6.07 Å². The van der Waals surface area contributed by atoms with Crippen LogP contribution in [0, 0.1) is 0 Å². The van der Waals surface area contributed by atoms with Crippen LogP contribution in [0.5, 0.6) is 0 Å². The van der Waals surface area contributed by atoms with Crippen LogP contribution in [0.3, 0.4) is 0 Å². The van der Waals surface area contributed by atoms with Crippen LogP contribution in [0.2, 0.25) is 6.82 Å². The van der Waals surface area contributed by atoms with Gasteiger partial charge in [0.2, 0.25) is 0 Å². The SMILES string of the molecule is CBc1cccc(Br)c1. The molecule has 0 saturated carbocycles. The predicted octanol–water partition coefficient (Wildman–Crippen LogP) is 1.56. The number of benzene rings is 1. The molecule has 0 spiro atoms. The molecule has 2 heteroatoms. The van der Waals surface area contributed by atoms with E-state index in [9.17, 15) is 0 Å². The van der Waals surface area contributed by atoms with Crippen molar-refractivity contribution in [3.05, 3.63) is 28.7 Å². The molecule has 0 N–H and O–H groups in total. The van der Waals surface area contributed by atoms with Crippen molar-refractivity contribution in [3.63, 3.8) is 0 Å². The summed E-state index contributed by atoms with van der Waals surface area (Å²) in [4.78, 5) is 0. The summed E-state index contributed by atoms with van der Waals surface area (Å²) in [6.45, 7) is 2.15. The highest BCUT2D eigenvalue weighted by Crippen LogP contribution is 2.04. The monoisotopic (exact) mass is 182 g/mol. The van der Waals surface area contributed by atoms with Crippen LogP contribution in [0.1, 0.15) is 0 Å². The highest BCUT2D eigenvalue weighted by Gasteiger charge is 1.88. The topological polar surface area (TPSA) is 0 Å². The third kappa shape index (κ3) is 1.86. The van der Waals surface area contributed by atoms with Crippen molar-refractivity contribution in [2.75, 3.05) is 0 Å². The molecule has 0 nitrogen and oxygen atoms in total. The second kappa shape index (κ2) is 3.07. The summed E-state index contributed by atoms with van der Waals surface area (Å²) in [6, 6.07) is 8.37. The third-order valence-corrected chi connectivity index (χ3v) is 1.79. The molecule has 46 valence electrons. The Kier molecular flexibility index (Phi) is 2.34. The molecule has 0 aliphatic carbocycles. The fraction of sp³-hybridized carbons (Fsp3) is 0.143. The van der Waals surface area contributed by atoms with E-state index in [0.29, 0.717) is 0 Å². The van der Waals surface area contributed by atoms with Crippen LogP contribution in [0.4, 0.5) is 0 Å². The van der Waals surface area contributed by atoms with Gasteiger partial charge in [0, 0.05) is 4.47 Å². The fourth-order valence-corrected chi connectivity index (χ4v) is 1.20. The smallest absolute Gasteiger partial charge is 0.0849 e. The quantitative estimate of drug-likeness (QED) is 0.579. The van der Waals surface area contributed by atoms with Gasteiger partial charge >= 0.3 is 0 Å². The van der Waals surface area contributed by atoms with E-state index >= 15 is 0 Å². The molecule has 0 radical (unpaired) electrons. The van der Waals surface area contributed by atoms with Gasteiger partial charge in [-0.2, -0.15) is 0 Å². The van der Waals surface area contributed by atoms with E-state index in [1.54, 1.807) is 0 Å². The zero-order valence-corrected chi connectivity index (χ0v) is 6.98. The van der Waals surface area contributed by atoms with E-state index < -0.39 is 0 Å². The number of halogens is 1. The lowest BCUT2D eigenvalue weighted by Crippen LogP contribution is -2.08. The lowest BCUT2D eigenvalue weighted by molar-refractivity contribution is 1.70. The van der Waals surface area contributed by atoms with Crippen molar-refractivity contribution in [3.8, 4) is 0 Å². The molecule has 9 heavy (non-hydrogen) atoms. The van der Waals surface area contributed by atoms with E-state index in [1.165, 1.54) is 9.94 Å². The maximum atomic E-state index is 3.40. The Morgan fingerprint density at radius 1 is 1.44 bits per heavy atom. The van der Waals surface area contributed by atoms with E-state index in [2.05, 4.69) is 41.0 Å². The van der Waals surface area contributed by atoms with Gasteiger partial charge in [-0.25, -0.2) is 0 Å². The van der Waals surface area contributed by atoms with Gasteiger partial charge in [0.25, 0.3) is 0 Å². The maximum absolute atomic E-state index is 3.40. The molecule has 1 rings (SSSR count). The predicted molar refractivity (Wildman–Crippen MR) is 46.8 cm³/mol. The first-order valence-corrected chi connectivity index (χ1v) is 3.86. The largest absolute Gasteiger partial charge is 0.154 e. The molecule has 0 aliphatic heterocycles. The van der Waals surface area contributed by atoms with Gasteiger partial charge in [-0.15, -0.1) is 0 Å². The number of hydrogen-bond donors (Lipinski definition) is 0. The first-order valence-electron chi connectivity index (χ1n) is 3.07.